The van der Waals surface area contributed by atoms with Crippen molar-refractivity contribution in [2.75, 3.05) is 6.54 Å². The highest BCUT2D eigenvalue weighted by molar-refractivity contribution is 7.77. The van der Waals surface area contributed by atoms with E-state index in [0.717, 1.165) is 6.42 Å². The van der Waals surface area contributed by atoms with Crippen LogP contribution in [0.25, 0.3) is 0 Å². The molecule has 0 radical (unpaired) electrons. The summed E-state index contributed by atoms with van der Waals surface area (Å²) in [5.41, 5.74) is 0. The second-order valence-corrected chi connectivity index (χ2v) is 3.09. The van der Waals surface area contributed by atoms with Gasteiger partial charge in [0.05, 0.1) is 0 Å². The zero-order chi connectivity index (χ0) is 9.40. The molecular formula is C6H12NO4S-. The van der Waals surface area contributed by atoms with Gasteiger partial charge in [0.1, 0.15) is 0 Å². The number of hydrogen-bond acceptors (Lipinski definition) is 3. The molecule has 5 nitrogen and oxygen atoms in total. The van der Waals surface area contributed by atoms with E-state index in [1.807, 2.05) is 0 Å². The summed E-state index contributed by atoms with van der Waals surface area (Å²) in [6, 6.07) is 0. The smallest absolute Gasteiger partial charge is 0.303 e. The van der Waals surface area contributed by atoms with Gasteiger partial charge in [0.15, 0.2) is 0 Å². The Balaban J connectivity index is 3.01. The Morgan fingerprint density at radius 2 is 2.08 bits per heavy atom. The second-order valence-electron chi connectivity index (χ2n) is 2.33. The Kier molecular flexibility index (Phi) is 6.93. The topological polar surface area (TPSA) is 89.5 Å². The molecule has 0 saturated heterocycles. The Morgan fingerprint density at radius 3 is 2.58 bits per heavy atom. The fourth-order valence-corrected chi connectivity index (χ4v) is 1.04. The maximum atomic E-state index is 10.0. The highest BCUT2D eigenvalue weighted by Crippen LogP contribution is 1.98. The standard InChI is InChI=1S/C6H13NO4S/c8-6(9)4-2-1-3-5-7-12(10)11/h7H,1-5H2,(H,8,9)(H,10,11)/p-1. The molecule has 0 aromatic rings. The molecule has 0 aromatic heterocycles. The predicted molar refractivity (Wildman–Crippen MR) is 43.0 cm³/mol. The van der Waals surface area contributed by atoms with E-state index in [1.54, 1.807) is 0 Å². The van der Waals surface area contributed by atoms with Crippen LogP contribution < -0.4 is 4.72 Å². The monoisotopic (exact) mass is 194 g/mol. The molecule has 1 atom stereocenters. The van der Waals surface area contributed by atoms with Crippen LogP contribution in [-0.4, -0.2) is 26.4 Å². The van der Waals surface area contributed by atoms with Gasteiger partial charge in [-0.25, -0.2) is 4.72 Å². The van der Waals surface area contributed by atoms with Crippen LogP contribution >= 0.6 is 0 Å². The Labute approximate surface area is 73.6 Å². The molecule has 0 rings (SSSR count). The molecule has 0 aliphatic rings. The van der Waals surface area contributed by atoms with Crippen LogP contribution in [0.5, 0.6) is 0 Å². The molecule has 0 aliphatic carbocycles. The lowest BCUT2D eigenvalue weighted by molar-refractivity contribution is -0.137. The summed E-state index contributed by atoms with van der Waals surface area (Å²) in [5.74, 6) is -0.810. The average Bonchev–Trinajstić information content (AvgIpc) is 1.95. The van der Waals surface area contributed by atoms with Gasteiger partial charge in [0.25, 0.3) is 0 Å². The van der Waals surface area contributed by atoms with E-state index < -0.39 is 17.2 Å². The van der Waals surface area contributed by atoms with Crippen molar-refractivity contribution < 1.29 is 18.7 Å². The Morgan fingerprint density at radius 1 is 1.42 bits per heavy atom. The molecule has 0 aliphatic heterocycles. The molecule has 2 N–H and O–H groups in total. The van der Waals surface area contributed by atoms with Crippen LogP contribution in [0, 0.1) is 0 Å². The summed E-state index contributed by atoms with van der Waals surface area (Å²) in [6.07, 6.45) is 2.17. The molecule has 0 fully saturated rings. The van der Waals surface area contributed by atoms with Crippen molar-refractivity contribution in [2.24, 2.45) is 0 Å². The highest BCUT2D eigenvalue weighted by Gasteiger charge is 1.95. The van der Waals surface area contributed by atoms with Gasteiger partial charge >= 0.3 is 5.97 Å². The van der Waals surface area contributed by atoms with Crippen molar-refractivity contribution in [1.29, 1.82) is 0 Å². The largest absolute Gasteiger partial charge is 0.760 e. The summed E-state index contributed by atoms with van der Waals surface area (Å²) in [5, 5.41) is 8.24. The van der Waals surface area contributed by atoms with Crippen LogP contribution in [0.2, 0.25) is 0 Å². The van der Waals surface area contributed by atoms with E-state index in [4.69, 9.17) is 5.11 Å². The van der Waals surface area contributed by atoms with Gasteiger partial charge in [-0.15, -0.1) is 0 Å². The SMILES string of the molecule is O=C(O)CCCCCNS(=O)[O-]. The number of rotatable bonds is 7. The summed E-state index contributed by atoms with van der Waals surface area (Å²) >= 11 is -2.20. The minimum atomic E-state index is -2.20. The number of carboxylic acid groups (broad SMARTS) is 1. The quantitative estimate of drug-likeness (QED) is 0.441. The van der Waals surface area contributed by atoms with E-state index in [-0.39, 0.29) is 6.42 Å². The zero-order valence-electron chi connectivity index (χ0n) is 6.62. The van der Waals surface area contributed by atoms with E-state index in [2.05, 4.69) is 4.72 Å². The molecule has 0 bridgehead atoms. The van der Waals surface area contributed by atoms with Crippen LogP contribution in [0.15, 0.2) is 0 Å². The van der Waals surface area contributed by atoms with Gasteiger partial charge in [-0.2, -0.15) is 0 Å². The lowest BCUT2D eigenvalue weighted by Crippen LogP contribution is -2.17. The first-order chi connectivity index (χ1) is 5.63. The molecule has 0 spiro atoms. The van der Waals surface area contributed by atoms with Gasteiger partial charge in [-0.1, -0.05) is 6.42 Å². The minimum absolute atomic E-state index is 0.153. The Hall–Kier alpha value is -0.460. The third-order valence-corrected chi connectivity index (χ3v) is 1.73. The van der Waals surface area contributed by atoms with Gasteiger partial charge in [0.2, 0.25) is 0 Å². The lowest BCUT2D eigenvalue weighted by Gasteiger charge is -2.05. The third kappa shape index (κ3) is 9.54. The fourth-order valence-electron chi connectivity index (χ4n) is 0.734. The van der Waals surface area contributed by atoms with Crippen molar-refractivity contribution in [2.45, 2.75) is 25.7 Å². The number of hydrogen-bond donors (Lipinski definition) is 2. The molecule has 0 saturated carbocycles. The highest BCUT2D eigenvalue weighted by atomic mass is 32.2. The van der Waals surface area contributed by atoms with Crippen LogP contribution in [0.1, 0.15) is 25.7 Å². The number of unbranched alkanes of at least 4 members (excludes halogenated alkanes) is 2. The summed E-state index contributed by atoms with van der Waals surface area (Å²) in [6.45, 7) is 0.385. The molecule has 0 heterocycles. The second kappa shape index (κ2) is 7.20. The molecule has 6 heteroatoms. The van der Waals surface area contributed by atoms with Gasteiger partial charge in [0, 0.05) is 24.2 Å². The van der Waals surface area contributed by atoms with Gasteiger partial charge < -0.3 is 9.66 Å². The van der Waals surface area contributed by atoms with E-state index in [9.17, 15) is 13.6 Å². The van der Waals surface area contributed by atoms with Crippen LogP contribution in [-0.2, 0) is 16.1 Å². The van der Waals surface area contributed by atoms with Crippen LogP contribution in [0.3, 0.4) is 0 Å². The van der Waals surface area contributed by atoms with Gasteiger partial charge in [-0.3, -0.25) is 9.00 Å². The van der Waals surface area contributed by atoms with E-state index in [1.165, 1.54) is 0 Å². The minimum Gasteiger partial charge on any atom is -0.760 e. The normalized spacial score (nSPS) is 12.8. The van der Waals surface area contributed by atoms with Crippen molar-refractivity contribution >= 4 is 17.2 Å². The lowest BCUT2D eigenvalue weighted by atomic mass is 10.2. The molecule has 12 heavy (non-hydrogen) atoms. The number of aliphatic carboxylic acids is 1. The summed E-state index contributed by atoms with van der Waals surface area (Å²) in [4.78, 5) is 10.0. The van der Waals surface area contributed by atoms with E-state index in [0.29, 0.717) is 19.4 Å². The van der Waals surface area contributed by atoms with Crippen molar-refractivity contribution in [3.05, 3.63) is 0 Å². The maximum absolute atomic E-state index is 10.0. The first-order valence-electron chi connectivity index (χ1n) is 3.67. The average molecular weight is 194 g/mol. The number of carboxylic acids is 1. The first kappa shape index (κ1) is 11.5. The molecular weight excluding hydrogens is 182 g/mol. The molecule has 0 amide bonds. The van der Waals surface area contributed by atoms with Crippen molar-refractivity contribution in [1.82, 2.24) is 4.72 Å². The van der Waals surface area contributed by atoms with Crippen LogP contribution in [0.4, 0.5) is 0 Å². The number of carbonyl (C=O) groups is 1. The maximum Gasteiger partial charge on any atom is 0.303 e. The van der Waals surface area contributed by atoms with Crippen molar-refractivity contribution in [3.8, 4) is 0 Å². The fraction of sp³-hybridized carbons (Fsp3) is 0.833. The molecule has 1 unspecified atom stereocenters. The number of nitrogens with one attached hydrogen (secondary N) is 1. The Bertz CT molecular complexity index is 144. The molecule has 0 aromatic carbocycles. The zero-order valence-corrected chi connectivity index (χ0v) is 7.43. The van der Waals surface area contributed by atoms with E-state index >= 15 is 0 Å². The summed E-state index contributed by atoms with van der Waals surface area (Å²) in [7, 11) is 0. The summed E-state index contributed by atoms with van der Waals surface area (Å²) < 4.78 is 22.1. The van der Waals surface area contributed by atoms with Gasteiger partial charge in [-0.05, 0) is 12.8 Å². The molecule has 72 valence electrons. The van der Waals surface area contributed by atoms with Crippen molar-refractivity contribution in [3.63, 3.8) is 0 Å². The first-order valence-corrected chi connectivity index (χ1v) is 4.75. The third-order valence-electron chi connectivity index (χ3n) is 1.29. The predicted octanol–water partition coefficient (Wildman–Crippen LogP) is 0.0151.